The van der Waals surface area contributed by atoms with Gasteiger partial charge in [0.05, 0.1) is 0 Å². The van der Waals surface area contributed by atoms with E-state index in [9.17, 15) is 14.4 Å². The number of esters is 3. The summed E-state index contributed by atoms with van der Waals surface area (Å²) in [7, 11) is 0. The highest BCUT2D eigenvalue weighted by atomic mass is 16.6. The summed E-state index contributed by atoms with van der Waals surface area (Å²) >= 11 is 0. The molecule has 6 nitrogen and oxygen atoms in total. The summed E-state index contributed by atoms with van der Waals surface area (Å²) in [6, 6.07) is 0. The summed E-state index contributed by atoms with van der Waals surface area (Å²) in [6.07, 6.45) is 81.9. The second kappa shape index (κ2) is 59.4. The molecule has 6 heteroatoms. The number of allylic oxidation sites excluding steroid dienone is 20. The van der Waals surface area contributed by atoms with Crippen molar-refractivity contribution in [2.75, 3.05) is 13.2 Å². The Labute approximate surface area is 443 Å². The molecule has 0 N–H and O–H groups in total. The first kappa shape index (κ1) is 67.8. The molecule has 1 unspecified atom stereocenters. The molecule has 72 heavy (non-hydrogen) atoms. The van der Waals surface area contributed by atoms with Crippen molar-refractivity contribution in [1.82, 2.24) is 0 Å². The van der Waals surface area contributed by atoms with Crippen LogP contribution in [-0.2, 0) is 28.6 Å². The molecular formula is C66H108O6. The van der Waals surface area contributed by atoms with Gasteiger partial charge in [-0.05, 0) is 128 Å². The van der Waals surface area contributed by atoms with Crippen LogP contribution in [0, 0.1) is 0 Å². The van der Waals surface area contributed by atoms with Gasteiger partial charge in [-0.25, -0.2) is 0 Å². The van der Waals surface area contributed by atoms with E-state index in [0.717, 1.165) is 116 Å². The second-order valence-electron chi connectivity index (χ2n) is 19.2. The third-order valence-corrected chi connectivity index (χ3v) is 12.2. The van der Waals surface area contributed by atoms with Crippen LogP contribution in [0.3, 0.4) is 0 Å². The first-order valence-electron chi connectivity index (χ1n) is 29.5. The highest BCUT2D eigenvalue weighted by Crippen LogP contribution is 2.14. The number of ether oxygens (including phenoxy) is 3. The van der Waals surface area contributed by atoms with Crippen LogP contribution in [0.1, 0.15) is 258 Å². The number of carbonyl (C=O) groups excluding carboxylic acids is 3. The molecule has 0 aromatic rings. The molecule has 0 spiro atoms. The van der Waals surface area contributed by atoms with Crippen molar-refractivity contribution in [3.05, 3.63) is 122 Å². The van der Waals surface area contributed by atoms with Crippen LogP contribution in [0.5, 0.6) is 0 Å². The number of unbranched alkanes of at least 4 members (excludes halogenated alkanes) is 21. The Balaban J connectivity index is 4.55. The summed E-state index contributed by atoms with van der Waals surface area (Å²) in [5.74, 6) is -1.01. The summed E-state index contributed by atoms with van der Waals surface area (Å²) in [5.41, 5.74) is 0. The first-order chi connectivity index (χ1) is 35.5. The van der Waals surface area contributed by atoms with Crippen molar-refractivity contribution in [3.8, 4) is 0 Å². The van der Waals surface area contributed by atoms with Crippen LogP contribution in [0.15, 0.2) is 122 Å². The van der Waals surface area contributed by atoms with Crippen molar-refractivity contribution in [2.45, 2.75) is 264 Å². The molecule has 0 aliphatic rings. The Hall–Kier alpha value is -4.19. The van der Waals surface area contributed by atoms with Gasteiger partial charge < -0.3 is 14.2 Å². The summed E-state index contributed by atoms with van der Waals surface area (Å²) in [6.45, 7) is 6.42. The lowest BCUT2D eigenvalue weighted by Crippen LogP contribution is -2.30. The molecule has 0 aliphatic heterocycles. The summed E-state index contributed by atoms with van der Waals surface area (Å²) < 4.78 is 16.8. The Morgan fingerprint density at radius 3 is 0.958 bits per heavy atom. The van der Waals surface area contributed by atoms with Gasteiger partial charge in [-0.3, -0.25) is 14.4 Å². The normalized spacial score (nSPS) is 13.0. The lowest BCUT2D eigenvalue weighted by molar-refractivity contribution is -0.167. The molecule has 0 saturated heterocycles. The predicted molar refractivity (Wildman–Crippen MR) is 311 cm³/mol. The zero-order valence-corrected chi connectivity index (χ0v) is 46.7. The summed E-state index contributed by atoms with van der Waals surface area (Å²) in [4.78, 5) is 38.2. The average Bonchev–Trinajstić information content (AvgIpc) is 3.38. The Kier molecular flexibility index (Phi) is 55.9. The molecule has 0 saturated carbocycles. The molecule has 1 atom stereocenters. The average molecular weight is 998 g/mol. The highest BCUT2D eigenvalue weighted by Gasteiger charge is 2.19. The lowest BCUT2D eigenvalue weighted by Gasteiger charge is -2.18. The van der Waals surface area contributed by atoms with Crippen molar-refractivity contribution in [1.29, 1.82) is 0 Å². The maximum atomic E-state index is 12.9. The van der Waals surface area contributed by atoms with E-state index >= 15 is 0 Å². The minimum atomic E-state index is -0.823. The molecular weight excluding hydrogens is 889 g/mol. The van der Waals surface area contributed by atoms with Gasteiger partial charge in [0.25, 0.3) is 0 Å². The standard InChI is InChI=1S/C66H108O6/c1-4-7-10-13-16-19-22-25-28-31-33-36-38-41-44-47-50-53-56-59-65(68)71-62-63(61-70-64(67)58-55-52-49-46-43-40-37-34-30-27-24-21-18-15-12-9-6-3)72-66(69)60-57-54-51-48-45-42-39-35-32-29-26-23-20-17-14-11-8-5-2/h7,10,16,18-19,21,25,27-28,30,33,35-37,39-41,44,46,49,63H,4-6,8-9,11-15,17,20,22-24,26,29,31-32,34,38,42-43,45,47-48,50-62H2,1-3H3/b10-7-,19-16-,21-18-,28-25-,30-27-,36-33-,39-35-,40-37-,44-41-,49-46-. The van der Waals surface area contributed by atoms with Gasteiger partial charge in [-0.15, -0.1) is 0 Å². The zero-order chi connectivity index (χ0) is 52.2. The number of rotatable bonds is 52. The van der Waals surface area contributed by atoms with Gasteiger partial charge in [-0.1, -0.05) is 232 Å². The van der Waals surface area contributed by atoms with Crippen molar-refractivity contribution >= 4 is 17.9 Å². The van der Waals surface area contributed by atoms with Crippen molar-refractivity contribution in [3.63, 3.8) is 0 Å². The van der Waals surface area contributed by atoms with Crippen LogP contribution in [-0.4, -0.2) is 37.2 Å². The number of hydrogen-bond acceptors (Lipinski definition) is 6. The quantitative estimate of drug-likeness (QED) is 0.0261. The van der Waals surface area contributed by atoms with E-state index in [-0.39, 0.29) is 37.5 Å². The molecule has 0 aromatic heterocycles. The minimum absolute atomic E-state index is 0.118. The SMILES string of the molecule is CC/C=C\C/C=C\C/C=C\C/C=C\C/C=C\CCCCCC(=O)OCC(COC(=O)CCC/C=C\C/C=C\C/C=C\C/C=C\CCCCC)OC(=O)CCCCCCC/C=C\CCCCCCCCCCC. The number of carbonyl (C=O) groups is 3. The molecule has 0 heterocycles. The summed E-state index contributed by atoms with van der Waals surface area (Å²) in [5, 5.41) is 0. The monoisotopic (exact) mass is 997 g/mol. The van der Waals surface area contributed by atoms with Crippen LogP contribution in [0.4, 0.5) is 0 Å². The van der Waals surface area contributed by atoms with E-state index in [2.05, 4.69) is 142 Å². The fourth-order valence-electron chi connectivity index (χ4n) is 7.75. The minimum Gasteiger partial charge on any atom is -0.462 e. The smallest absolute Gasteiger partial charge is 0.306 e. The maximum Gasteiger partial charge on any atom is 0.306 e. The van der Waals surface area contributed by atoms with E-state index in [1.807, 2.05) is 0 Å². The van der Waals surface area contributed by atoms with Gasteiger partial charge >= 0.3 is 17.9 Å². The van der Waals surface area contributed by atoms with Crippen molar-refractivity contribution in [2.24, 2.45) is 0 Å². The molecule has 0 radical (unpaired) electrons. The zero-order valence-electron chi connectivity index (χ0n) is 46.7. The Morgan fingerprint density at radius 1 is 0.292 bits per heavy atom. The van der Waals surface area contributed by atoms with Crippen LogP contribution >= 0.6 is 0 Å². The fraction of sp³-hybridized carbons (Fsp3) is 0.652. The van der Waals surface area contributed by atoms with Gasteiger partial charge in [0.2, 0.25) is 0 Å². The van der Waals surface area contributed by atoms with Crippen LogP contribution < -0.4 is 0 Å². The van der Waals surface area contributed by atoms with Gasteiger partial charge in [0, 0.05) is 19.3 Å². The third kappa shape index (κ3) is 56.7. The number of hydrogen-bond donors (Lipinski definition) is 0. The second-order valence-corrected chi connectivity index (χ2v) is 19.2. The van der Waals surface area contributed by atoms with Gasteiger partial charge in [0.15, 0.2) is 6.10 Å². The van der Waals surface area contributed by atoms with E-state index in [0.29, 0.717) is 19.3 Å². The molecule has 0 amide bonds. The molecule has 0 aliphatic carbocycles. The molecule has 0 rings (SSSR count). The Bertz CT molecular complexity index is 1520. The maximum absolute atomic E-state index is 12.9. The lowest BCUT2D eigenvalue weighted by atomic mass is 10.1. The predicted octanol–water partition coefficient (Wildman–Crippen LogP) is 20.0. The van der Waals surface area contributed by atoms with Crippen LogP contribution in [0.2, 0.25) is 0 Å². The van der Waals surface area contributed by atoms with Gasteiger partial charge in [0.1, 0.15) is 13.2 Å². The molecule has 0 bridgehead atoms. The van der Waals surface area contributed by atoms with Crippen molar-refractivity contribution < 1.29 is 28.6 Å². The topological polar surface area (TPSA) is 78.9 Å². The molecule has 0 aromatic carbocycles. The van der Waals surface area contributed by atoms with Gasteiger partial charge in [-0.2, -0.15) is 0 Å². The van der Waals surface area contributed by atoms with E-state index in [1.165, 1.54) is 96.3 Å². The third-order valence-electron chi connectivity index (χ3n) is 12.2. The largest absolute Gasteiger partial charge is 0.462 e. The molecule has 408 valence electrons. The highest BCUT2D eigenvalue weighted by molar-refractivity contribution is 5.71. The Morgan fingerprint density at radius 2 is 0.556 bits per heavy atom. The molecule has 0 fully saturated rings. The van der Waals surface area contributed by atoms with E-state index in [4.69, 9.17) is 14.2 Å². The fourth-order valence-corrected chi connectivity index (χ4v) is 7.75. The van der Waals surface area contributed by atoms with Crippen LogP contribution in [0.25, 0.3) is 0 Å². The first-order valence-corrected chi connectivity index (χ1v) is 29.5. The van der Waals surface area contributed by atoms with E-state index in [1.54, 1.807) is 0 Å². The van der Waals surface area contributed by atoms with E-state index < -0.39 is 6.10 Å².